The van der Waals surface area contributed by atoms with Crippen LogP contribution in [0.15, 0.2) is 47.3 Å². The summed E-state index contributed by atoms with van der Waals surface area (Å²) in [6.45, 7) is -0.574. The van der Waals surface area contributed by atoms with Gasteiger partial charge in [-0.3, -0.25) is 9.36 Å². The van der Waals surface area contributed by atoms with Crippen LogP contribution in [0.25, 0.3) is 10.9 Å². The molecule has 0 aliphatic rings. The van der Waals surface area contributed by atoms with Crippen LogP contribution in [0.2, 0.25) is 0 Å². The smallest absolute Gasteiger partial charge is 0.338 e. The molecule has 0 bridgehead atoms. The molecular formula is C19H14FN3O4. The van der Waals surface area contributed by atoms with Crippen LogP contribution in [0.4, 0.5) is 4.39 Å². The van der Waals surface area contributed by atoms with E-state index >= 15 is 0 Å². The quantitative estimate of drug-likeness (QED) is 0.643. The van der Waals surface area contributed by atoms with Crippen molar-refractivity contribution in [1.82, 2.24) is 9.55 Å². The van der Waals surface area contributed by atoms with E-state index in [1.807, 2.05) is 6.07 Å². The van der Waals surface area contributed by atoms with Crippen molar-refractivity contribution in [2.24, 2.45) is 0 Å². The molecule has 0 amide bonds. The zero-order valence-corrected chi connectivity index (χ0v) is 14.3. The minimum atomic E-state index is -0.789. The predicted octanol–water partition coefficient (Wildman–Crippen LogP) is 2.42. The fourth-order valence-electron chi connectivity index (χ4n) is 2.56. The summed E-state index contributed by atoms with van der Waals surface area (Å²) in [5.74, 6) is -1.35. The highest BCUT2D eigenvalue weighted by Crippen LogP contribution is 2.18. The van der Waals surface area contributed by atoms with Gasteiger partial charge < -0.3 is 9.47 Å². The minimum Gasteiger partial charge on any atom is -0.494 e. The molecule has 0 radical (unpaired) electrons. The lowest BCUT2D eigenvalue weighted by Gasteiger charge is -2.11. The lowest BCUT2D eigenvalue weighted by molar-refractivity contribution is 0.0456. The zero-order valence-electron chi connectivity index (χ0n) is 14.3. The van der Waals surface area contributed by atoms with E-state index in [9.17, 15) is 14.0 Å². The van der Waals surface area contributed by atoms with Gasteiger partial charge in [0.15, 0.2) is 17.4 Å². The van der Waals surface area contributed by atoms with Crippen LogP contribution < -0.4 is 10.3 Å². The number of fused-ring (bicyclic) bond motifs is 1. The summed E-state index contributed by atoms with van der Waals surface area (Å²) < 4.78 is 24.8. The lowest BCUT2D eigenvalue weighted by Crippen LogP contribution is -2.26. The Balaban J connectivity index is 1.89. The molecule has 1 aromatic heterocycles. The van der Waals surface area contributed by atoms with Gasteiger partial charge in [0, 0.05) is 0 Å². The number of methoxy groups -OCH3 is 1. The number of hydrogen-bond donors (Lipinski definition) is 0. The first-order chi connectivity index (χ1) is 13.0. The van der Waals surface area contributed by atoms with E-state index in [1.165, 1.54) is 19.2 Å². The van der Waals surface area contributed by atoms with E-state index < -0.39 is 17.3 Å². The number of carbonyl (C=O) groups is 1. The number of rotatable bonds is 5. The first-order valence-corrected chi connectivity index (χ1v) is 7.91. The molecule has 0 aliphatic carbocycles. The molecule has 0 saturated carbocycles. The van der Waals surface area contributed by atoms with Crippen molar-refractivity contribution in [3.05, 3.63) is 70.0 Å². The Labute approximate surface area is 153 Å². The van der Waals surface area contributed by atoms with Gasteiger partial charge in [0.25, 0.3) is 5.56 Å². The topological polar surface area (TPSA) is 94.2 Å². The molecule has 8 heteroatoms. The van der Waals surface area contributed by atoms with Gasteiger partial charge in [0.1, 0.15) is 13.2 Å². The van der Waals surface area contributed by atoms with Crippen LogP contribution in [-0.4, -0.2) is 22.6 Å². The summed E-state index contributed by atoms with van der Waals surface area (Å²) in [6, 6.07) is 12.2. The molecule has 1 heterocycles. The van der Waals surface area contributed by atoms with E-state index in [1.54, 1.807) is 24.3 Å². The Morgan fingerprint density at radius 3 is 2.78 bits per heavy atom. The summed E-state index contributed by atoms with van der Waals surface area (Å²) in [7, 11) is 1.32. The summed E-state index contributed by atoms with van der Waals surface area (Å²) in [6.07, 6.45) is 0. The Kier molecular flexibility index (Phi) is 5.13. The molecule has 136 valence electrons. The van der Waals surface area contributed by atoms with Crippen molar-refractivity contribution in [1.29, 1.82) is 5.26 Å². The van der Waals surface area contributed by atoms with Gasteiger partial charge >= 0.3 is 5.97 Å². The Morgan fingerprint density at radius 1 is 1.30 bits per heavy atom. The first kappa shape index (κ1) is 18.1. The summed E-state index contributed by atoms with van der Waals surface area (Å²) in [4.78, 5) is 29.0. The van der Waals surface area contributed by atoms with E-state index in [0.717, 1.165) is 10.6 Å². The van der Waals surface area contributed by atoms with Gasteiger partial charge in [-0.2, -0.15) is 5.26 Å². The van der Waals surface area contributed by atoms with Crippen LogP contribution in [0, 0.1) is 17.1 Å². The predicted molar refractivity (Wildman–Crippen MR) is 93.7 cm³/mol. The average molecular weight is 367 g/mol. The third kappa shape index (κ3) is 3.62. The minimum absolute atomic E-state index is 0.00519. The van der Waals surface area contributed by atoms with Crippen LogP contribution in [0.5, 0.6) is 5.75 Å². The SMILES string of the molecule is COc1ccc(C(=O)OCc2nc3ccccc3c(=O)n2CC#N)cc1F. The molecule has 0 atom stereocenters. The number of ether oxygens (including phenoxy) is 2. The third-order valence-corrected chi connectivity index (χ3v) is 3.89. The Hall–Kier alpha value is -3.73. The first-order valence-electron chi connectivity index (χ1n) is 7.91. The van der Waals surface area contributed by atoms with Gasteiger partial charge in [0.05, 0.1) is 29.6 Å². The number of hydrogen-bond acceptors (Lipinski definition) is 6. The second kappa shape index (κ2) is 7.66. The highest BCUT2D eigenvalue weighted by atomic mass is 19.1. The zero-order chi connectivity index (χ0) is 19.4. The molecular weight excluding hydrogens is 353 g/mol. The molecule has 2 aromatic carbocycles. The van der Waals surface area contributed by atoms with Crippen LogP contribution in [0.3, 0.4) is 0 Å². The van der Waals surface area contributed by atoms with Crippen molar-refractivity contribution in [3.63, 3.8) is 0 Å². The number of para-hydroxylation sites is 1. The molecule has 27 heavy (non-hydrogen) atoms. The molecule has 0 spiro atoms. The number of nitrogens with zero attached hydrogens (tertiary/aromatic N) is 3. The van der Waals surface area contributed by atoms with Crippen LogP contribution in [-0.2, 0) is 17.9 Å². The molecule has 0 fully saturated rings. The van der Waals surface area contributed by atoms with Gasteiger partial charge in [-0.05, 0) is 30.3 Å². The largest absolute Gasteiger partial charge is 0.494 e. The van der Waals surface area contributed by atoms with Crippen LogP contribution in [0.1, 0.15) is 16.2 Å². The lowest BCUT2D eigenvalue weighted by atomic mass is 10.2. The van der Waals surface area contributed by atoms with Crippen molar-refractivity contribution >= 4 is 16.9 Å². The van der Waals surface area contributed by atoms with Crippen molar-refractivity contribution in [2.75, 3.05) is 7.11 Å². The number of aromatic nitrogens is 2. The van der Waals surface area contributed by atoms with E-state index in [-0.39, 0.29) is 30.3 Å². The molecule has 0 N–H and O–H groups in total. The monoisotopic (exact) mass is 367 g/mol. The van der Waals surface area contributed by atoms with Crippen molar-refractivity contribution in [2.45, 2.75) is 13.2 Å². The van der Waals surface area contributed by atoms with E-state index in [4.69, 9.17) is 14.7 Å². The highest BCUT2D eigenvalue weighted by Gasteiger charge is 2.15. The fourth-order valence-corrected chi connectivity index (χ4v) is 2.56. The number of carbonyl (C=O) groups excluding carboxylic acids is 1. The van der Waals surface area contributed by atoms with Gasteiger partial charge in [-0.1, -0.05) is 12.1 Å². The average Bonchev–Trinajstić information content (AvgIpc) is 2.68. The molecule has 0 unspecified atom stereocenters. The fraction of sp³-hybridized carbons (Fsp3) is 0.158. The Morgan fingerprint density at radius 2 is 2.07 bits per heavy atom. The summed E-state index contributed by atoms with van der Waals surface area (Å²) in [5.41, 5.74) is 0.0187. The maximum atomic E-state index is 13.7. The van der Waals surface area contributed by atoms with Crippen LogP contribution >= 0.6 is 0 Å². The van der Waals surface area contributed by atoms with Gasteiger partial charge in [-0.15, -0.1) is 0 Å². The molecule has 0 aliphatic heterocycles. The van der Waals surface area contributed by atoms with Gasteiger partial charge in [0.2, 0.25) is 0 Å². The summed E-state index contributed by atoms with van der Waals surface area (Å²) >= 11 is 0. The second-order valence-corrected chi connectivity index (χ2v) is 5.52. The van der Waals surface area contributed by atoms with Crippen molar-refractivity contribution in [3.8, 4) is 11.8 Å². The maximum absolute atomic E-state index is 13.7. The number of nitriles is 1. The maximum Gasteiger partial charge on any atom is 0.338 e. The molecule has 3 aromatic rings. The number of esters is 1. The molecule has 7 nitrogen and oxygen atoms in total. The number of benzene rings is 2. The molecule has 3 rings (SSSR count). The van der Waals surface area contributed by atoms with E-state index in [0.29, 0.717) is 10.9 Å². The van der Waals surface area contributed by atoms with Gasteiger partial charge in [-0.25, -0.2) is 14.2 Å². The highest BCUT2D eigenvalue weighted by molar-refractivity contribution is 5.89. The Bertz CT molecular complexity index is 1120. The normalized spacial score (nSPS) is 10.4. The summed E-state index contributed by atoms with van der Waals surface area (Å²) in [5, 5.41) is 9.34. The standard InChI is InChI=1S/C19H14FN3O4/c1-26-16-7-6-12(10-14(16)20)19(25)27-11-17-22-15-5-3-2-4-13(15)18(24)23(17)9-8-21/h2-7,10H,9,11H2,1H3. The van der Waals surface area contributed by atoms with E-state index in [2.05, 4.69) is 4.98 Å². The third-order valence-electron chi connectivity index (χ3n) is 3.89. The molecule has 0 saturated heterocycles. The second-order valence-electron chi connectivity index (χ2n) is 5.52. The van der Waals surface area contributed by atoms with Crippen molar-refractivity contribution < 1.29 is 18.7 Å². The number of halogens is 1.